The van der Waals surface area contributed by atoms with Crippen molar-refractivity contribution in [3.05, 3.63) is 42.5 Å². The Morgan fingerprint density at radius 2 is 1.92 bits per heavy atom. The van der Waals surface area contributed by atoms with Crippen molar-refractivity contribution >= 4 is 16.7 Å². The molecule has 0 radical (unpaired) electrons. The van der Waals surface area contributed by atoms with E-state index in [9.17, 15) is 4.79 Å². The summed E-state index contributed by atoms with van der Waals surface area (Å²) in [5.41, 5.74) is 0. The van der Waals surface area contributed by atoms with Crippen LogP contribution in [0, 0.1) is 0 Å². The van der Waals surface area contributed by atoms with E-state index in [-0.39, 0.29) is 11.9 Å². The number of nitrogens with zero attached hydrogens (tertiary/aromatic N) is 1. The van der Waals surface area contributed by atoms with Gasteiger partial charge in [0.05, 0.1) is 0 Å². The monoisotopic (exact) mass is 326 g/mol. The molecule has 3 rings (SSSR count). The Labute approximate surface area is 143 Å². The summed E-state index contributed by atoms with van der Waals surface area (Å²) >= 11 is 0. The molecule has 0 spiro atoms. The minimum Gasteiger partial charge on any atom is -0.480 e. The number of nitrogens with one attached hydrogen (secondary N) is 1. The summed E-state index contributed by atoms with van der Waals surface area (Å²) in [5, 5.41) is 5.34. The van der Waals surface area contributed by atoms with Crippen LogP contribution in [0.25, 0.3) is 10.8 Å². The Morgan fingerprint density at radius 1 is 1.21 bits per heavy atom. The summed E-state index contributed by atoms with van der Waals surface area (Å²) in [5.74, 6) is 0.776. The van der Waals surface area contributed by atoms with Crippen LogP contribution >= 0.6 is 0 Å². The average molecular weight is 326 g/mol. The van der Waals surface area contributed by atoms with Crippen LogP contribution in [-0.2, 0) is 4.79 Å². The van der Waals surface area contributed by atoms with Crippen molar-refractivity contribution in [3.63, 3.8) is 0 Å². The maximum atomic E-state index is 12.6. The van der Waals surface area contributed by atoms with Crippen molar-refractivity contribution in [1.82, 2.24) is 10.2 Å². The fraction of sp³-hybridized carbons (Fsp3) is 0.450. The predicted octanol–water partition coefficient (Wildman–Crippen LogP) is 3.21. The number of benzene rings is 2. The molecule has 1 N–H and O–H groups in total. The van der Waals surface area contributed by atoms with E-state index in [0.717, 1.165) is 42.5 Å². The molecule has 0 aliphatic carbocycles. The molecule has 24 heavy (non-hydrogen) atoms. The van der Waals surface area contributed by atoms with E-state index in [1.165, 1.54) is 0 Å². The third-order valence-corrected chi connectivity index (χ3v) is 4.75. The van der Waals surface area contributed by atoms with Gasteiger partial charge in [-0.15, -0.1) is 0 Å². The molecule has 4 nitrogen and oxygen atoms in total. The molecule has 1 saturated heterocycles. The molecule has 1 fully saturated rings. The van der Waals surface area contributed by atoms with Crippen LogP contribution < -0.4 is 10.1 Å². The molecule has 1 atom stereocenters. The highest BCUT2D eigenvalue weighted by Crippen LogP contribution is 2.26. The molecular formula is C20H26N2O2. The van der Waals surface area contributed by atoms with Crippen molar-refractivity contribution in [3.8, 4) is 5.75 Å². The van der Waals surface area contributed by atoms with Crippen LogP contribution in [0.2, 0.25) is 0 Å². The fourth-order valence-corrected chi connectivity index (χ4v) is 3.22. The van der Waals surface area contributed by atoms with Gasteiger partial charge in [0, 0.05) is 11.4 Å². The quantitative estimate of drug-likeness (QED) is 0.917. The molecule has 0 unspecified atom stereocenters. The van der Waals surface area contributed by atoms with Crippen LogP contribution in [0.5, 0.6) is 5.75 Å². The van der Waals surface area contributed by atoms with E-state index in [4.69, 9.17) is 4.74 Å². The lowest BCUT2D eigenvalue weighted by Gasteiger charge is -2.30. The molecule has 0 bridgehead atoms. The Hall–Kier alpha value is -2.07. The Kier molecular flexibility index (Phi) is 5.36. The van der Waals surface area contributed by atoms with E-state index in [1.54, 1.807) is 0 Å². The summed E-state index contributed by atoms with van der Waals surface area (Å²) in [6.07, 6.45) is 2.22. The smallest absolute Gasteiger partial charge is 0.261 e. The SMILES string of the molecule is CC[C@@H](Oc1cccc2ccccc12)C(=O)NC1CCN(C)CC1. The Morgan fingerprint density at radius 3 is 2.67 bits per heavy atom. The maximum absolute atomic E-state index is 12.6. The number of piperidine rings is 1. The first kappa shape index (κ1) is 16.8. The number of ether oxygens (including phenoxy) is 1. The zero-order valence-electron chi connectivity index (χ0n) is 14.5. The van der Waals surface area contributed by atoms with E-state index < -0.39 is 6.10 Å². The fourth-order valence-electron chi connectivity index (χ4n) is 3.22. The zero-order chi connectivity index (χ0) is 16.9. The molecular weight excluding hydrogens is 300 g/mol. The summed E-state index contributed by atoms with van der Waals surface area (Å²) in [6.45, 7) is 4.06. The lowest BCUT2D eigenvalue weighted by molar-refractivity contribution is -0.129. The van der Waals surface area contributed by atoms with Gasteiger partial charge >= 0.3 is 0 Å². The first-order valence-corrected chi connectivity index (χ1v) is 8.80. The molecule has 2 aromatic rings. The molecule has 2 aromatic carbocycles. The van der Waals surface area contributed by atoms with E-state index in [2.05, 4.69) is 29.4 Å². The lowest BCUT2D eigenvalue weighted by Crippen LogP contribution is -2.47. The summed E-state index contributed by atoms with van der Waals surface area (Å²) in [7, 11) is 2.12. The van der Waals surface area contributed by atoms with Crippen LogP contribution in [0.15, 0.2) is 42.5 Å². The maximum Gasteiger partial charge on any atom is 0.261 e. The van der Waals surface area contributed by atoms with Gasteiger partial charge in [-0.3, -0.25) is 4.79 Å². The van der Waals surface area contributed by atoms with Gasteiger partial charge in [0.15, 0.2) is 6.10 Å². The van der Waals surface area contributed by atoms with Gasteiger partial charge in [-0.05, 0) is 50.9 Å². The van der Waals surface area contributed by atoms with Gasteiger partial charge in [0.1, 0.15) is 5.75 Å². The van der Waals surface area contributed by atoms with Crippen molar-refractivity contribution < 1.29 is 9.53 Å². The minimum atomic E-state index is -0.449. The molecule has 128 valence electrons. The Balaban J connectivity index is 1.68. The second-order valence-electron chi connectivity index (χ2n) is 6.58. The number of carbonyl (C=O) groups excluding carboxylic acids is 1. The number of amides is 1. The molecule has 1 heterocycles. The summed E-state index contributed by atoms with van der Waals surface area (Å²) < 4.78 is 6.08. The number of fused-ring (bicyclic) bond motifs is 1. The highest BCUT2D eigenvalue weighted by atomic mass is 16.5. The molecule has 1 aliphatic rings. The predicted molar refractivity (Wildman–Crippen MR) is 97.3 cm³/mol. The van der Waals surface area contributed by atoms with Crippen molar-refractivity contribution in [2.75, 3.05) is 20.1 Å². The molecule has 1 aliphatic heterocycles. The number of rotatable bonds is 5. The molecule has 0 aromatic heterocycles. The van der Waals surface area contributed by atoms with Crippen molar-refractivity contribution in [1.29, 1.82) is 0 Å². The number of carbonyl (C=O) groups is 1. The van der Waals surface area contributed by atoms with Crippen LogP contribution in [0.4, 0.5) is 0 Å². The van der Waals surface area contributed by atoms with Crippen molar-refractivity contribution in [2.24, 2.45) is 0 Å². The Bertz CT molecular complexity index is 688. The number of hydrogen-bond donors (Lipinski definition) is 1. The topological polar surface area (TPSA) is 41.6 Å². The second kappa shape index (κ2) is 7.67. The third kappa shape index (κ3) is 3.88. The first-order chi connectivity index (χ1) is 11.7. The summed E-state index contributed by atoms with van der Waals surface area (Å²) in [6, 6.07) is 14.3. The van der Waals surface area contributed by atoms with Crippen LogP contribution in [0.3, 0.4) is 0 Å². The van der Waals surface area contributed by atoms with Gasteiger partial charge in [-0.2, -0.15) is 0 Å². The van der Waals surface area contributed by atoms with Gasteiger partial charge in [0.2, 0.25) is 0 Å². The highest BCUT2D eigenvalue weighted by Gasteiger charge is 2.24. The van der Waals surface area contributed by atoms with E-state index in [1.807, 2.05) is 37.3 Å². The van der Waals surface area contributed by atoms with Crippen molar-refractivity contribution in [2.45, 2.75) is 38.3 Å². The molecule has 4 heteroatoms. The van der Waals surface area contributed by atoms with Gasteiger partial charge in [-0.1, -0.05) is 43.3 Å². The van der Waals surface area contributed by atoms with Crippen LogP contribution in [-0.4, -0.2) is 43.1 Å². The average Bonchev–Trinajstić information content (AvgIpc) is 2.61. The van der Waals surface area contributed by atoms with E-state index >= 15 is 0 Å². The molecule has 0 saturated carbocycles. The summed E-state index contributed by atoms with van der Waals surface area (Å²) in [4.78, 5) is 14.9. The second-order valence-corrected chi connectivity index (χ2v) is 6.58. The lowest BCUT2D eigenvalue weighted by atomic mass is 10.0. The standard InChI is InChI=1S/C20H26N2O2/c1-3-18(20(23)21-16-11-13-22(2)14-12-16)24-19-10-6-8-15-7-4-5-9-17(15)19/h4-10,16,18H,3,11-14H2,1-2H3,(H,21,23)/t18-/m1/s1. The largest absolute Gasteiger partial charge is 0.480 e. The van der Waals surface area contributed by atoms with Crippen LogP contribution in [0.1, 0.15) is 26.2 Å². The minimum absolute atomic E-state index is 0.0000118. The molecule has 1 amide bonds. The number of likely N-dealkylation sites (tertiary alicyclic amines) is 1. The normalized spacial score (nSPS) is 17.6. The van der Waals surface area contributed by atoms with Gasteiger partial charge < -0.3 is 15.0 Å². The zero-order valence-corrected chi connectivity index (χ0v) is 14.5. The van der Waals surface area contributed by atoms with Gasteiger partial charge in [0.25, 0.3) is 5.91 Å². The first-order valence-electron chi connectivity index (χ1n) is 8.80. The number of hydrogen-bond acceptors (Lipinski definition) is 3. The van der Waals surface area contributed by atoms with Gasteiger partial charge in [-0.25, -0.2) is 0 Å². The highest BCUT2D eigenvalue weighted by molar-refractivity contribution is 5.89. The van der Waals surface area contributed by atoms with E-state index in [0.29, 0.717) is 6.42 Å². The third-order valence-electron chi connectivity index (χ3n) is 4.75.